The van der Waals surface area contributed by atoms with E-state index >= 15 is 0 Å². The molecule has 0 aliphatic carbocycles. The molecule has 0 radical (unpaired) electrons. The molecule has 18 heavy (non-hydrogen) atoms. The molecular weight excluding hydrogens is 220 g/mol. The van der Waals surface area contributed by atoms with Gasteiger partial charge in [-0.05, 0) is 49.8 Å². The molecule has 0 fully saturated rings. The lowest BCUT2D eigenvalue weighted by molar-refractivity contribution is -0.413. The summed E-state index contributed by atoms with van der Waals surface area (Å²) in [6.07, 6.45) is 16.1. The number of allylic oxidation sites excluding steroid dienone is 9. The van der Waals surface area contributed by atoms with Gasteiger partial charge in [-0.3, -0.25) is 4.99 Å². The van der Waals surface area contributed by atoms with Crippen molar-refractivity contribution < 1.29 is 4.99 Å². The van der Waals surface area contributed by atoms with Crippen LogP contribution in [0.3, 0.4) is 0 Å². The average molecular weight is 245 g/mol. The summed E-state index contributed by atoms with van der Waals surface area (Å²) in [7, 11) is 3.78. The third kappa shape index (κ3) is 7.44. The van der Waals surface area contributed by atoms with Gasteiger partial charge >= 0.3 is 0 Å². The molecule has 0 aromatic rings. The Labute approximate surface area is 111 Å². The molecule has 0 rings (SSSR count). The Kier molecular flexibility index (Phi) is 9.28. The highest BCUT2D eigenvalue weighted by Gasteiger charge is 1.94. The Bertz CT molecular complexity index is 405. The van der Waals surface area contributed by atoms with Gasteiger partial charge in [-0.1, -0.05) is 24.3 Å². The first-order chi connectivity index (χ1) is 8.63. The van der Waals surface area contributed by atoms with Crippen molar-refractivity contribution in [1.82, 2.24) is 5.32 Å². The zero-order valence-electron chi connectivity index (χ0n) is 12.1. The van der Waals surface area contributed by atoms with Gasteiger partial charge in [0, 0.05) is 13.1 Å². The Balaban J connectivity index is 4.72. The second-order valence-corrected chi connectivity index (χ2v) is 4.00. The third-order valence-electron chi connectivity index (χ3n) is 2.62. The fraction of sp³-hybridized carbons (Fsp3) is 0.312. The Hall–Kier alpha value is -1.83. The van der Waals surface area contributed by atoms with Crippen molar-refractivity contribution >= 4 is 6.21 Å². The highest BCUT2D eigenvalue weighted by molar-refractivity contribution is 5.65. The fourth-order valence-corrected chi connectivity index (χ4v) is 1.26. The van der Waals surface area contributed by atoms with Crippen LogP contribution in [0.25, 0.3) is 0 Å². The monoisotopic (exact) mass is 245 g/mol. The summed E-state index contributed by atoms with van der Waals surface area (Å²) >= 11 is 0. The second-order valence-electron chi connectivity index (χ2n) is 4.00. The molecule has 0 amide bonds. The van der Waals surface area contributed by atoms with Gasteiger partial charge in [-0.25, -0.2) is 0 Å². The first kappa shape index (κ1) is 16.2. The topological polar surface area (TPSA) is 26.0 Å². The van der Waals surface area contributed by atoms with Crippen LogP contribution in [0.4, 0.5) is 0 Å². The standard InChI is InChI=1S/C16H24N2/c1-14(10-6-8-12-17-4)16(3)15(2)11-7-9-13-18-5/h6-13,17H,1-5H3/p+1. The lowest BCUT2D eigenvalue weighted by Crippen LogP contribution is -2.62. The molecule has 0 aromatic heterocycles. The van der Waals surface area contributed by atoms with Gasteiger partial charge in [0.1, 0.15) is 7.05 Å². The van der Waals surface area contributed by atoms with Gasteiger partial charge in [0.25, 0.3) is 0 Å². The molecule has 98 valence electrons. The molecule has 0 saturated carbocycles. The zero-order valence-corrected chi connectivity index (χ0v) is 12.1. The lowest BCUT2D eigenvalue weighted by Gasteiger charge is -2.03. The molecule has 2 N–H and O–H groups in total. The molecule has 2 heteroatoms. The van der Waals surface area contributed by atoms with Gasteiger partial charge in [-0.15, -0.1) is 0 Å². The minimum Gasteiger partial charge on any atom is -0.394 e. The van der Waals surface area contributed by atoms with Crippen LogP contribution in [-0.4, -0.2) is 20.3 Å². The first-order valence-electron chi connectivity index (χ1n) is 6.15. The van der Waals surface area contributed by atoms with E-state index in [-0.39, 0.29) is 0 Å². The van der Waals surface area contributed by atoms with Crippen molar-refractivity contribution in [2.45, 2.75) is 20.8 Å². The van der Waals surface area contributed by atoms with Crippen LogP contribution < -0.4 is 10.3 Å². The molecule has 0 aromatic carbocycles. The molecule has 0 aliphatic rings. The Morgan fingerprint density at radius 1 is 1.00 bits per heavy atom. The SMILES string of the molecule is CNC=CC=CC(C)=C(C)C(C)=CC=CC=[NH+]C. The summed E-state index contributed by atoms with van der Waals surface area (Å²) in [4.78, 5) is 2.96. The number of rotatable bonds is 6. The maximum atomic E-state index is 2.96. The Morgan fingerprint density at radius 2 is 1.72 bits per heavy atom. The van der Waals surface area contributed by atoms with Crippen LogP contribution in [0.2, 0.25) is 0 Å². The van der Waals surface area contributed by atoms with Crippen LogP contribution >= 0.6 is 0 Å². The summed E-state index contributed by atoms with van der Waals surface area (Å²) in [5.74, 6) is 0. The summed E-state index contributed by atoms with van der Waals surface area (Å²) in [6.45, 7) is 6.39. The number of hydrogen-bond donors (Lipinski definition) is 2. The molecule has 0 aliphatic heterocycles. The zero-order chi connectivity index (χ0) is 13.8. The van der Waals surface area contributed by atoms with Crippen molar-refractivity contribution in [3.05, 3.63) is 59.4 Å². The summed E-state index contributed by atoms with van der Waals surface area (Å²) < 4.78 is 0. The average Bonchev–Trinajstić information content (AvgIpc) is 2.38. The van der Waals surface area contributed by atoms with Gasteiger partial charge in [-0.2, -0.15) is 0 Å². The lowest BCUT2D eigenvalue weighted by atomic mass is 10.0. The van der Waals surface area contributed by atoms with Crippen LogP contribution in [0, 0.1) is 0 Å². The quantitative estimate of drug-likeness (QED) is 0.542. The second kappa shape index (κ2) is 10.3. The first-order valence-corrected chi connectivity index (χ1v) is 6.15. The van der Waals surface area contributed by atoms with E-state index in [1.165, 1.54) is 16.7 Å². The van der Waals surface area contributed by atoms with Crippen molar-refractivity contribution in [2.75, 3.05) is 14.1 Å². The van der Waals surface area contributed by atoms with Crippen LogP contribution in [0.1, 0.15) is 20.8 Å². The molecular formula is C16H25N2+. The molecule has 0 atom stereocenters. The van der Waals surface area contributed by atoms with E-state index in [1.54, 1.807) is 0 Å². The minimum atomic E-state index is 1.27. The molecule has 0 heterocycles. The van der Waals surface area contributed by atoms with E-state index in [9.17, 15) is 0 Å². The largest absolute Gasteiger partial charge is 0.394 e. The van der Waals surface area contributed by atoms with Gasteiger partial charge < -0.3 is 5.32 Å². The molecule has 0 bridgehead atoms. The van der Waals surface area contributed by atoms with Crippen molar-refractivity contribution in [2.24, 2.45) is 0 Å². The van der Waals surface area contributed by atoms with E-state index in [0.29, 0.717) is 0 Å². The number of nitrogens with one attached hydrogen (secondary N) is 2. The highest BCUT2D eigenvalue weighted by Crippen LogP contribution is 2.14. The van der Waals surface area contributed by atoms with Gasteiger partial charge in [0.2, 0.25) is 0 Å². The van der Waals surface area contributed by atoms with Crippen LogP contribution in [0.15, 0.2) is 59.4 Å². The highest BCUT2D eigenvalue weighted by atomic mass is 14.8. The van der Waals surface area contributed by atoms with Crippen molar-refractivity contribution in [3.63, 3.8) is 0 Å². The smallest absolute Gasteiger partial charge is 0.161 e. The molecule has 2 nitrogen and oxygen atoms in total. The van der Waals surface area contributed by atoms with Crippen LogP contribution in [-0.2, 0) is 0 Å². The van der Waals surface area contributed by atoms with E-state index in [1.807, 2.05) is 50.8 Å². The molecule has 0 saturated heterocycles. The summed E-state index contributed by atoms with van der Waals surface area (Å²) in [5.41, 5.74) is 3.85. The molecule has 0 spiro atoms. The predicted octanol–water partition coefficient (Wildman–Crippen LogP) is 1.90. The fourth-order valence-electron chi connectivity index (χ4n) is 1.26. The van der Waals surface area contributed by atoms with Crippen molar-refractivity contribution in [3.8, 4) is 0 Å². The number of hydrogen-bond acceptors (Lipinski definition) is 1. The third-order valence-corrected chi connectivity index (χ3v) is 2.62. The summed E-state index contributed by atoms with van der Waals surface area (Å²) in [5, 5.41) is 2.96. The maximum Gasteiger partial charge on any atom is 0.161 e. The predicted molar refractivity (Wildman–Crippen MR) is 81.6 cm³/mol. The minimum absolute atomic E-state index is 1.27. The summed E-state index contributed by atoms with van der Waals surface area (Å²) in [6, 6.07) is 0. The maximum absolute atomic E-state index is 2.96. The van der Waals surface area contributed by atoms with Crippen LogP contribution in [0.5, 0.6) is 0 Å². The van der Waals surface area contributed by atoms with Gasteiger partial charge in [0.15, 0.2) is 6.21 Å². The van der Waals surface area contributed by atoms with Crippen molar-refractivity contribution in [1.29, 1.82) is 0 Å². The van der Waals surface area contributed by atoms with Gasteiger partial charge in [0.05, 0.1) is 0 Å². The van der Waals surface area contributed by atoms with E-state index in [0.717, 1.165) is 0 Å². The van der Waals surface area contributed by atoms with E-state index < -0.39 is 0 Å². The van der Waals surface area contributed by atoms with E-state index in [2.05, 4.69) is 43.2 Å². The Morgan fingerprint density at radius 3 is 2.33 bits per heavy atom. The molecule has 0 unspecified atom stereocenters. The normalized spacial score (nSPS) is 15.3. The van der Waals surface area contributed by atoms with E-state index in [4.69, 9.17) is 0 Å².